The van der Waals surface area contributed by atoms with Crippen LogP contribution in [-0.2, 0) is 13.1 Å². The van der Waals surface area contributed by atoms with Crippen molar-refractivity contribution in [2.45, 2.75) is 26.9 Å². The van der Waals surface area contributed by atoms with Crippen molar-refractivity contribution >= 4 is 5.95 Å². The molecule has 4 nitrogen and oxygen atoms in total. The van der Waals surface area contributed by atoms with Crippen molar-refractivity contribution in [1.82, 2.24) is 15.3 Å². The molecule has 0 aliphatic carbocycles. The highest BCUT2D eigenvalue weighted by molar-refractivity contribution is 5.35. The molecule has 1 aromatic carbocycles. The van der Waals surface area contributed by atoms with Gasteiger partial charge in [0.2, 0.25) is 5.95 Å². The molecule has 0 spiro atoms. The van der Waals surface area contributed by atoms with Crippen LogP contribution in [0.25, 0.3) is 0 Å². The van der Waals surface area contributed by atoms with E-state index in [2.05, 4.69) is 51.4 Å². The molecule has 1 N–H and O–H groups in total. The molecule has 0 amide bonds. The van der Waals surface area contributed by atoms with E-state index in [4.69, 9.17) is 0 Å². The molecule has 20 heavy (non-hydrogen) atoms. The molecule has 0 saturated carbocycles. The van der Waals surface area contributed by atoms with E-state index < -0.39 is 0 Å². The molecule has 0 aliphatic rings. The summed E-state index contributed by atoms with van der Waals surface area (Å²) in [5, 5.41) is 3.13. The number of aryl methyl sites for hydroxylation is 2. The summed E-state index contributed by atoms with van der Waals surface area (Å²) in [5.41, 5.74) is 4.76. The summed E-state index contributed by atoms with van der Waals surface area (Å²) in [6.07, 6.45) is 1.91. The van der Waals surface area contributed by atoms with E-state index in [1.807, 2.05) is 27.2 Å². The highest BCUT2D eigenvalue weighted by atomic mass is 15.2. The zero-order chi connectivity index (χ0) is 14.5. The minimum absolute atomic E-state index is 0.769. The largest absolute Gasteiger partial charge is 0.340 e. The average molecular weight is 270 g/mol. The molecule has 1 heterocycles. The third-order valence-electron chi connectivity index (χ3n) is 3.45. The fraction of sp³-hybridized carbons (Fsp3) is 0.375. The first-order valence-electron chi connectivity index (χ1n) is 6.84. The zero-order valence-electron chi connectivity index (χ0n) is 12.6. The molecule has 106 valence electrons. The monoisotopic (exact) mass is 270 g/mol. The Morgan fingerprint density at radius 2 is 1.90 bits per heavy atom. The smallest absolute Gasteiger partial charge is 0.225 e. The number of nitrogens with zero attached hydrogens (tertiary/aromatic N) is 3. The van der Waals surface area contributed by atoms with Gasteiger partial charge >= 0.3 is 0 Å². The van der Waals surface area contributed by atoms with E-state index >= 15 is 0 Å². The predicted octanol–water partition coefficient (Wildman–Crippen LogP) is 2.45. The molecule has 0 radical (unpaired) electrons. The van der Waals surface area contributed by atoms with Crippen LogP contribution >= 0.6 is 0 Å². The van der Waals surface area contributed by atoms with Gasteiger partial charge in [-0.15, -0.1) is 0 Å². The van der Waals surface area contributed by atoms with E-state index in [0.29, 0.717) is 0 Å². The third kappa shape index (κ3) is 3.33. The number of nitrogens with one attached hydrogen (secondary N) is 1. The van der Waals surface area contributed by atoms with Crippen LogP contribution in [0.5, 0.6) is 0 Å². The highest BCUT2D eigenvalue weighted by Gasteiger charge is 2.09. The second-order valence-corrected chi connectivity index (χ2v) is 5.09. The van der Waals surface area contributed by atoms with Gasteiger partial charge in [0.15, 0.2) is 0 Å². The number of hydrogen-bond acceptors (Lipinski definition) is 4. The van der Waals surface area contributed by atoms with Crippen LogP contribution in [-0.4, -0.2) is 24.1 Å². The first kappa shape index (κ1) is 14.5. The molecule has 4 heteroatoms. The molecule has 0 aliphatic heterocycles. The fourth-order valence-corrected chi connectivity index (χ4v) is 2.14. The topological polar surface area (TPSA) is 41.1 Å². The molecule has 0 unspecified atom stereocenters. The number of rotatable bonds is 5. The summed E-state index contributed by atoms with van der Waals surface area (Å²) in [6, 6.07) is 8.41. The Balaban J connectivity index is 2.15. The SMILES string of the molecule is CNCc1cnc(N(C)Cc2ccccc2C)nc1C. The summed E-state index contributed by atoms with van der Waals surface area (Å²) < 4.78 is 0. The van der Waals surface area contributed by atoms with E-state index in [9.17, 15) is 0 Å². The number of hydrogen-bond donors (Lipinski definition) is 1. The van der Waals surface area contributed by atoms with Gasteiger partial charge in [0, 0.05) is 37.6 Å². The number of aromatic nitrogens is 2. The summed E-state index contributed by atoms with van der Waals surface area (Å²) in [5.74, 6) is 0.769. The lowest BCUT2D eigenvalue weighted by atomic mass is 10.1. The Morgan fingerprint density at radius 1 is 1.15 bits per heavy atom. The van der Waals surface area contributed by atoms with Crippen molar-refractivity contribution < 1.29 is 0 Å². The Morgan fingerprint density at radius 3 is 2.55 bits per heavy atom. The Labute approximate surface area is 120 Å². The molecule has 0 fully saturated rings. The van der Waals surface area contributed by atoms with Gasteiger partial charge in [0.05, 0.1) is 0 Å². The number of anilines is 1. The lowest BCUT2D eigenvalue weighted by Gasteiger charge is -2.19. The van der Waals surface area contributed by atoms with Crippen LogP contribution in [0.15, 0.2) is 30.5 Å². The van der Waals surface area contributed by atoms with Gasteiger partial charge in [-0.1, -0.05) is 24.3 Å². The second kappa shape index (κ2) is 6.48. The third-order valence-corrected chi connectivity index (χ3v) is 3.45. The van der Waals surface area contributed by atoms with Gasteiger partial charge in [-0.25, -0.2) is 9.97 Å². The van der Waals surface area contributed by atoms with E-state index in [-0.39, 0.29) is 0 Å². The van der Waals surface area contributed by atoms with Crippen LogP contribution in [0.4, 0.5) is 5.95 Å². The van der Waals surface area contributed by atoms with Crippen molar-refractivity contribution in [2.24, 2.45) is 0 Å². The minimum atomic E-state index is 0.769. The van der Waals surface area contributed by atoms with Crippen molar-refractivity contribution in [3.8, 4) is 0 Å². The van der Waals surface area contributed by atoms with Gasteiger partial charge in [-0.3, -0.25) is 0 Å². The second-order valence-electron chi connectivity index (χ2n) is 5.09. The summed E-state index contributed by atoms with van der Waals surface area (Å²) in [6.45, 7) is 5.77. The van der Waals surface area contributed by atoms with Gasteiger partial charge < -0.3 is 10.2 Å². The van der Waals surface area contributed by atoms with Gasteiger partial charge in [-0.05, 0) is 32.0 Å². The number of benzene rings is 1. The molecule has 2 rings (SSSR count). The van der Waals surface area contributed by atoms with Crippen LogP contribution < -0.4 is 10.2 Å². The molecular formula is C16H22N4. The first-order chi connectivity index (χ1) is 9.61. The molecule has 0 saturated heterocycles. The molecule has 2 aromatic rings. The Bertz CT molecular complexity index is 580. The summed E-state index contributed by atoms with van der Waals surface area (Å²) in [7, 11) is 3.95. The van der Waals surface area contributed by atoms with Crippen molar-refractivity contribution in [3.05, 3.63) is 52.8 Å². The standard InChI is InChI=1S/C16H22N4/c1-12-7-5-6-8-14(12)11-20(4)16-18-10-15(9-17-3)13(2)19-16/h5-8,10,17H,9,11H2,1-4H3. The fourth-order valence-electron chi connectivity index (χ4n) is 2.14. The molecule has 0 bridgehead atoms. The Kier molecular flexibility index (Phi) is 4.69. The summed E-state index contributed by atoms with van der Waals surface area (Å²) >= 11 is 0. The lowest BCUT2D eigenvalue weighted by Crippen LogP contribution is -2.20. The molecule has 0 atom stereocenters. The van der Waals surface area contributed by atoms with Crippen LogP contribution in [0.2, 0.25) is 0 Å². The summed E-state index contributed by atoms with van der Waals surface area (Å²) in [4.78, 5) is 11.1. The van der Waals surface area contributed by atoms with Crippen LogP contribution in [0.1, 0.15) is 22.4 Å². The molecular weight excluding hydrogens is 248 g/mol. The van der Waals surface area contributed by atoms with Crippen LogP contribution in [0, 0.1) is 13.8 Å². The van der Waals surface area contributed by atoms with E-state index in [0.717, 1.165) is 30.3 Å². The Hall–Kier alpha value is -1.94. The predicted molar refractivity (Wildman–Crippen MR) is 82.8 cm³/mol. The molecule has 1 aromatic heterocycles. The maximum atomic E-state index is 4.59. The average Bonchev–Trinajstić information content (AvgIpc) is 2.43. The zero-order valence-corrected chi connectivity index (χ0v) is 12.6. The van der Waals surface area contributed by atoms with Gasteiger partial charge in [-0.2, -0.15) is 0 Å². The van der Waals surface area contributed by atoms with Crippen molar-refractivity contribution in [2.75, 3.05) is 19.0 Å². The lowest BCUT2D eigenvalue weighted by molar-refractivity contribution is 0.785. The maximum absolute atomic E-state index is 4.59. The van der Waals surface area contributed by atoms with Gasteiger partial charge in [0.25, 0.3) is 0 Å². The van der Waals surface area contributed by atoms with Crippen LogP contribution in [0.3, 0.4) is 0 Å². The van der Waals surface area contributed by atoms with Crippen molar-refractivity contribution in [1.29, 1.82) is 0 Å². The van der Waals surface area contributed by atoms with E-state index in [1.54, 1.807) is 0 Å². The normalized spacial score (nSPS) is 10.6. The van der Waals surface area contributed by atoms with Crippen molar-refractivity contribution in [3.63, 3.8) is 0 Å². The highest BCUT2D eigenvalue weighted by Crippen LogP contribution is 2.15. The maximum Gasteiger partial charge on any atom is 0.225 e. The van der Waals surface area contributed by atoms with E-state index in [1.165, 1.54) is 11.1 Å². The first-order valence-corrected chi connectivity index (χ1v) is 6.84. The minimum Gasteiger partial charge on any atom is -0.340 e. The van der Waals surface area contributed by atoms with Gasteiger partial charge in [0.1, 0.15) is 0 Å². The quantitative estimate of drug-likeness (QED) is 0.906.